The van der Waals surface area contributed by atoms with Gasteiger partial charge < -0.3 is 0 Å². The van der Waals surface area contributed by atoms with E-state index in [1.807, 2.05) is 4.80 Å². The molecule has 0 N–H and O–H groups in total. The summed E-state index contributed by atoms with van der Waals surface area (Å²) in [6, 6.07) is 0.522. The Hall–Kier alpha value is -0.860. The highest BCUT2D eigenvalue weighted by Gasteiger charge is 2.11. The third kappa shape index (κ3) is 7.66. The van der Waals surface area contributed by atoms with E-state index in [1.54, 1.807) is 12.4 Å². The van der Waals surface area contributed by atoms with Crippen molar-refractivity contribution in [1.82, 2.24) is 15.0 Å². The fourth-order valence-electron chi connectivity index (χ4n) is 2.76. The molecule has 3 heteroatoms. The third-order valence-corrected chi connectivity index (χ3v) is 4.05. The molecule has 0 unspecified atom stereocenters. The van der Waals surface area contributed by atoms with Crippen LogP contribution in [0.15, 0.2) is 12.4 Å². The zero-order valence-corrected chi connectivity index (χ0v) is 13.6. The number of aromatic nitrogens is 3. The Labute approximate surface area is 125 Å². The molecule has 0 fully saturated rings. The first-order valence-corrected chi connectivity index (χ1v) is 8.74. The van der Waals surface area contributed by atoms with E-state index in [4.69, 9.17) is 0 Å². The summed E-state index contributed by atoms with van der Waals surface area (Å²) >= 11 is 0. The zero-order valence-electron chi connectivity index (χ0n) is 13.6. The first-order valence-electron chi connectivity index (χ1n) is 8.74. The lowest BCUT2D eigenvalue weighted by Gasteiger charge is -2.16. The van der Waals surface area contributed by atoms with E-state index < -0.39 is 0 Å². The maximum Gasteiger partial charge on any atom is 0.0716 e. The molecule has 1 rings (SSSR count). The number of nitrogens with zero attached hydrogens (tertiary/aromatic N) is 3. The second kappa shape index (κ2) is 11.9. The first kappa shape index (κ1) is 17.2. The van der Waals surface area contributed by atoms with Crippen LogP contribution < -0.4 is 0 Å². The Bertz CT molecular complexity index is 281. The van der Waals surface area contributed by atoms with Crippen LogP contribution in [0.2, 0.25) is 0 Å². The lowest BCUT2D eigenvalue weighted by atomic mass is 10.0. The van der Waals surface area contributed by atoms with Crippen molar-refractivity contribution >= 4 is 0 Å². The van der Waals surface area contributed by atoms with Gasteiger partial charge in [0.15, 0.2) is 0 Å². The third-order valence-electron chi connectivity index (χ3n) is 4.05. The van der Waals surface area contributed by atoms with Gasteiger partial charge >= 0.3 is 0 Å². The minimum atomic E-state index is 0.522. The predicted molar refractivity (Wildman–Crippen MR) is 85.8 cm³/mol. The molecule has 0 amide bonds. The van der Waals surface area contributed by atoms with Crippen LogP contribution in [0.1, 0.15) is 96.9 Å². The fourth-order valence-corrected chi connectivity index (χ4v) is 2.76. The summed E-state index contributed by atoms with van der Waals surface area (Å²) < 4.78 is 0. The smallest absolute Gasteiger partial charge is 0.0716 e. The van der Waals surface area contributed by atoms with Crippen LogP contribution in [0.3, 0.4) is 0 Å². The fraction of sp³-hybridized carbons (Fsp3) is 0.882. The van der Waals surface area contributed by atoms with E-state index in [9.17, 15) is 0 Å². The molecule has 0 saturated heterocycles. The average molecular weight is 279 g/mol. The molecular weight excluding hydrogens is 246 g/mol. The van der Waals surface area contributed by atoms with Crippen molar-refractivity contribution in [2.24, 2.45) is 0 Å². The molecule has 1 aromatic rings. The lowest BCUT2D eigenvalue weighted by Crippen LogP contribution is -2.12. The molecule has 0 radical (unpaired) electrons. The van der Waals surface area contributed by atoms with E-state index >= 15 is 0 Å². The number of unbranched alkanes of at least 4 members (excludes halogenated alkanes) is 8. The SMILES string of the molecule is CCCCCCCC(CCCCCCC)n1nccn1. The topological polar surface area (TPSA) is 30.7 Å². The molecule has 20 heavy (non-hydrogen) atoms. The van der Waals surface area contributed by atoms with Crippen molar-refractivity contribution in [3.8, 4) is 0 Å². The molecule has 0 aliphatic carbocycles. The minimum Gasteiger partial charge on any atom is -0.182 e. The highest BCUT2D eigenvalue weighted by molar-refractivity contribution is 4.68. The van der Waals surface area contributed by atoms with E-state index in [0.29, 0.717) is 6.04 Å². The molecule has 3 nitrogen and oxygen atoms in total. The van der Waals surface area contributed by atoms with Crippen molar-refractivity contribution < 1.29 is 0 Å². The summed E-state index contributed by atoms with van der Waals surface area (Å²) in [5, 5.41) is 8.70. The summed E-state index contributed by atoms with van der Waals surface area (Å²) in [6.45, 7) is 4.54. The van der Waals surface area contributed by atoms with Crippen molar-refractivity contribution in [2.45, 2.75) is 96.9 Å². The molecule has 116 valence electrons. The van der Waals surface area contributed by atoms with Crippen molar-refractivity contribution in [2.75, 3.05) is 0 Å². The van der Waals surface area contributed by atoms with Gasteiger partial charge in [0.2, 0.25) is 0 Å². The Balaban J connectivity index is 2.22. The van der Waals surface area contributed by atoms with Crippen molar-refractivity contribution in [3.63, 3.8) is 0 Å². The summed E-state index contributed by atoms with van der Waals surface area (Å²) in [5.41, 5.74) is 0. The molecule has 0 bridgehead atoms. The van der Waals surface area contributed by atoms with Gasteiger partial charge in [0.05, 0.1) is 18.4 Å². The average Bonchev–Trinajstić information content (AvgIpc) is 2.98. The number of hydrogen-bond donors (Lipinski definition) is 0. The van der Waals surface area contributed by atoms with Gasteiger partial charge in [-0.15, -0.1) is 0 Å². The predicted octanol–water partition coefficient (Wildman–Crippen LogP) is 5.54. The van der Waals surface area contributed by atoms with Gasteiger partial charge in [-0.1, -0.05) is 78.1 Å². The van der Waals surface area contributed by atoms with E-state index in [1.165, 1.54) is 77.0 Å². The van der Waals surface area contributed by atoms with E-state index in [-0.39, 0.29) is 0 Å². The van der Waals surface area contributed by atoms with E-state index in [2.05, 4.69) is 24.0 Å². The molecule has 1 heterocycles. The normalized spacial score (nSPS) is 11.3. The van der Waals surface area contributed by atoms with Gasteiger partial charge in [-0.25, -0.2) is 0 Å². The number of hydrogen-bond acceptors (Lipinski definition) is 2. The van der Waals surface area contributed by atoms with Gasteiger partial charge in [0.25, 0.3) is 0 Å². The minimum absolute atomic E-state index is 0.522. The number of rotatable bonds is 13. The summed E-state index contributed by atoms with van der Waals surface area (Å²) in [7, 11) is 0. The molecule has 0 aliphatic rings. The zero-order chi connectivity index (χ0) is 14.5. The van der Waals surface area contributed by atoms with Crippen LogP contribution in [0.5, 0.6) is 0 Å². The maximum absolute atomic E-state index is 4.35. The van der Waals surface area contributed by atoms with Gasteiger partial charge in [0, 0.05) is 0 Å². The monoisotopic (exact) mass is 279 g/mol. The molecule has 1 aromatic heterocycles. The molecule has 0 aliphatic heterocycles. The molecular formula is C17H33N3. The lowest BCUT2D eigenvalue weighted by molar-refractivity contribution is 0.334. The quantitative estimate of drug-likeness (QED) is 0.444. The van der Waals surface area contributed by atoms with Crippen LogP contribution in [-0.4, -0.2) is 15.0 Å². The standard InChI is InChI=1S/C17H33N3/c1-3-5-7-9-11-13-17(20-18-15-16-19-20)14-12-10-8-6-4-2/h15-17H,3-14H2,1-2H3. The largest absolute Gasteiger partial charge is 0.182 e. The Morgan fingerprint density at radius 1 is 0.700 bits per heavy atom. The van der Waals surface area contributed by atoms with Crippen molar-refractivity contribution in [3.05, 3.63) is 12.4 Å². The van der Waals surface area contributed by atoms with E-state index in [0.717, 1.165) is 0 Å². The Morgan fingerprint density at radius 3 is 1.60 bits per heavy atom. The summed E-state index contributed by atoms with van der Waals surface area (Å²) in [5.74, 6) is 0. The Morgan fingerprint density at radius 2 is 1.15 bits per heavy atom. The molecule has 0 aromatic carbocycles. The van der Waals surface area contributed by atoms with Crippen LogP contribution >= 0.6 is 0 Å². The van der Waals surface area contributed by atoms with Gasteiger partial charge in [-0.05, 0) is 12.8 Å². The summed E-state index contributed by atoms with van der Waals surface area (Å²) in [4.78, 5) is 1.94. The highest BCUT2D eigenvalue weighted by atomic mass is 15.5. The molecule has 0 saturated carbocycles. The maximum atomic E-state index is 4.35. The van der Waals surface area contributed by atoms with Gasteiger partial charge in [-0.3, -0.25) is 0 Å². The molecule has 0 atom stereocenters. The Kier molecular flexibility index (Phi) is 10.3. The second-order valence-corrected chi connectivity index (χ2v) is 5.91. The first-order chi connectivity index (χ1) is 9.88. The second-order valence-electron chi connectivity index (χ2n) is 5.91. The van der Waals surface area contributed by atoms with Crippen LogP contribution in [0.25, 0.3) is 0 Å². The van der Waals surface area contributed by atoms with Crippen LogP contribution in [-0.2, 0) is 0 Å². The van der Waals surface area contributed by atoms with Crippen LogP contribution in [0, 0.1) is 0 Å². The van der Waals surface area contributed by atoms with Crippen molar-refractivity contribution in [1.29, 1.82) is 0 Å². The highest BCUT2D eigenvalue weighted by Crippen LogP contribution is 2.21. The van der Waals surface area contributed by atoms with Crippen LogP contribution in [0.4, 0.5) is 0 Å². The summed E-state index contributed by atoms with van der Waals surface area (Å²) in [6.07, 6.45) is 19.6. The van der Waals surface area contributed by atoms with Gasteiger partial charge in [0.1, 0.15) is 0 Å². The molecule has 0 spiro atoms. The van der Waals surface area contributed by atoms with Gasteiger partial charge in [-0.2, -0.15) is 15.0 Å².